The molecule has 2 saturated heterocycles. The topological polar surface area (TPSA) is 208 Å². The van der Waals surface area contributed by atoms with Crippen LogP contribution >= 0.6 is 0 Å². The molecule has 6 N–H and O–H groups in total. The van der Waals surface area contributed by atoms with Crippen molar-refractivity contribution >= 4 is 68.3 Å². The number of benzene rings is 4. The number of ether oxygens (including phenoxy) is 4. The number of amides is 2. The van der Waals surface area contributed by atoms with Gasteiger partial charge >= 0.3 is 11.9 Å². The van der Waals surface area contributed by atoms with Crippen LogP contribution in [0.2, 0.25) is 0 Å². The van der Waals surface area contributed by atoms with Crippen LogP contribution in [-0.4, -0.2) is 149 Å². The fraction of sp³-hybridized carbons (Fsp3) is 0.385. The van der Waals surface area contributed by atoms with E-state index in [-0.39, 0.29) is 24.9 Å². The van der Waals surface area contributed by atoms with Crippen LogP contribution < -0.4 is 40.5 Å². The molecule has 18 nitrogen and oxygen atoms in total. The Kier molecular flexibility index (Phi) is 13.2. The Balaban J connectivity index is 0.775. The quantitative estimate of drug-likeness (QED) is 0.0789. The summed E-state index contributed by atoms with van der Waals surface area (Å²) in [5, 5.41) is 2.37. The van der Waals surface area contributed by atoms with Crippen LogP contribution in [0.4, 0.5) is 22.7 Å². The number of carbonyl (C=O) groups is 4. The first kappa shape index (κ1) is 46.3. The highest BCUT2D eigenvalue weighted by atomic mass is 16.6. The van der Waals surface area contributed by atoms with E-state index >= 15 is 0 Å². The maximum Gasteiger partial charge on any atom is 0.419 e. The molecule has 4 aliphatic heterocycles. The van der Waals surface area contributed by atoms with Crippen LogP contribution in [0.3, 0.4) is 0 Å². The standard InChI is InChI=1S/C52H60N10O8/c1-67-43-7-3-5-39-35(15-19-57-21-25-59(26-22-57)37-9-11-41-33(29-37)13-17-55-41)31-61(45(39)43)49(47(53)63)69-51(65)52(66)70-50(48(54)64)62-32-36(40-6-4-8-44(68-2)46(40)62)16-20-58-23-27-60(28-24-58)38-10-12-42-34(30-38)14-18-56-42/h3-14,17-18,29-30,35-36,49-50,55-56H,15-16,19-28,31-32H2,1-2H3,(H2,53,63)(H2,54,64)/t35-,36-,49?,50?/m1/s1. The summed E-state index contributed by atoms with van der Waals surface area (Å²) in [5.74, 6) is -4.28. The first-order valence-corrected chi connectivity index (χ1v) is 24.0. The van der Waals surface area contributed by atoms with Gasteiger partial charge in [0.2, 0.25) is 0 Å². The second kappa shape index (κ2) is 19.9. The van der Waals surface area contributed by atoms with Crippen molar-refractivity contribution in [2.24, 2.45) is 11.5 Å². The van der Waals surface area contributed by atoms with Crippen LogP contribution in [-0.2, 0) is 28.7 Å². The summed E-state index contributed by atoms with van der Waals surface area (Å²) in [4.78, 5) is 73.3. The van der Waals surface area contributed by atoms with Crippen LogP contribution in [0.15, 0.2) is 97.3 Å². The molecule has 4 aromatic carbocycles. The van der Waals surface area contributed by atoms with Gasteiger partial charge in [-0.15, -0.1) is 0 Å². The number of esters is 2. The maximum atomic E-state index is 13.7. The van der Waals surface area contributed by atoms with Crippen molar-refractivity contribution in [1.82, 2.24) is 19.8 Å². The fourth-order valence-electron chi connectivity index (χ4n) is 10.9. The van der Waals surface area contributed by atoms with Gasteiger partial charge in [0.15, 0.2) is 0 Å². The Morgan fingerprint density at radius 2 is 0.986 bits per heavy atom. The molecule has 6 heterocycles. The molecule has 2 unspecified atom stereocenters. The number of methoxy groups -OCH3 is 2. The Morgan fingerprint density at radius 3 is 1.37 bits per heavy atom. The smallest absolute Gasteiger partial charge is 0.419 e. The third kappa shape index (κ3) is 9.23. The minimum absolute atomic E-state index is 0.0840. The molecule has 0 saturated carbocycles. The summed E-state index contributed by atoms with van der Waals surface area (Å²) >= 11 is 0. The highest BCUT2D eigenvalue weighted by Crippen LogP contribution is 2.47. The van der Waals surface area contributed by atoms with E-state index in [0.29, 0.717) is 22.9 Å². The number of aromatic nitrogens is 2. The van der Waals surface area contributed by atoms with E-state index in [2.05, 4.69) is 78.1 Å². The molecule has 0 bridgehead atoms. The molecule has 6 aromatic rings. The number of fused-ring (bicyclic) bond motifs is 4. The van der Waals surface area contributed by atoms with Crippen molar-refractivity contribution in [3.8, 4) is 11.5 Å². The van der Waals surface area contributed by atoms with Crippen LogP contribution in [0.1, 0.15) is 35.8 Å². The highest BCUT2D eigenvalue weighted by molar-refractivity contribution is 6.30. The predicted octanol–water partition coefficient (Wildman–Crippen LogP) is 4.31. The molecule has 4 atom stereocenters. The maximum absolute atomic E-state index is 13.7. The van der Waals surface area contributed by atoms with Gasteiger partial charge in [-0.1, -0.05) is 24.3 Å². The molecule has 0 radical (unpaired) electrons. The summed E-state index contributed by atoms with van der Waals surface area (Å²) in [6.45, 7) is 9.15. The van der Waals surface area contributed by atoms with Gasteiger partial charge < -0.3 is 60.0 Å². The number of H-pyrrole nitrogens is 2. The molecule has 2 aromatic heterocycles. The predicted molar refractivity (Wildman–Crippen MR) is 267 cm³/mol. The van der Waals surface area contributed by atoms with E-state index in [0.717, 1.165) is 100 Å². The normalized spacial score (nSPS) is 19.2. The average molecular weight is 953 g/mol. The van der Waals surface area contributed by atoms with Gasteiger partial charge in [-0.25, -0.2) is 9.59 Å². The number of hydrogen-bond donors (Lipinski definition) is 4. The van der Waals surface area contributed by atoms with Crippen molar-refractivity contribution in [3.05, 3.63) is 108 Å². The van der Waals surface area contributed by atoms with Gasteiger partial charge in [0.1, 0.15) is 11.5 Å². The molecule has 366 valence electrons. The van der Waals surface area contributed by atoms with Crippen LogP contribution in [0, 0.1) is 0 Å². The lowest BCUT2D eigenvalue weighted by Gasteiger charge is -2.36. The number of primary amides is 2. The number of nitrogens with two attached hydrogens (primary N) is 2. The van der Waals surface area contributed by atoms with Crippen LogP contribution in [0.5, 0.6) is 11.5 Å². The van der Waals surface area contributed by atoms with E-state index in [4.69, 9.17) is 30.4 Å². The van der Waals surface area contributed by atoms with E-state index in [1.54, 1.807) is 21.9 Å². The molecular formula is C52H60N10O8. The molecule has 2 fully saturated rings. The number of rotatable bonds is 16. The number of carbonyl (C=O) groups excluding carboxylic acids is 4. The average Bonchev–Trinajstić information content (AvgIpc) is 4.21. The number of nitrogens with zero attached hydrogens (tertiary/aromatic N) is 6. The van der Waals surface area contributed by atoms with Gasteiger partial charge in [-0.2, -0.15) is 0 Å². The van der Waals surface area contributed by atoms with Gasteiger partial charge in [0.05, 0.1) is 25.6 Å². The number of anilines is 4. The molecule has 2 amide bonds. The third-order valence-corrected chi connectivity index (χ3v) is 14.6. The van der Waals surface area contributed by atoms with E-state index < -0.39 is 36.2 Å². The molecule has 4 aliphatic rings. The zero-order valence-electron chi connectivity index (χ0n) is 39.6. The number of piperazine rings is 2. The minimum Gasteiger partial charge on any atom is -0.495 e. The molecule has 18 heteroatoms. The fourth-order valence-corrected chi connectivity index (χ4v) is 10.9. The minimum atomic E-state index is -1.70. The Morgan fingerprint density at radius 1 is 0.571 bits per heavy atom. The number of nitrogens with one attached hydrogen (secondary N) is 2. The summed E-state index contributed by atoms with van der Waals surface area (Å²) < 4.78 is 22.7. The van der Waals surface area contributed by atoms with Crippen molar-refractivity contribution in [1.29, 1.82) is 0 Å². The summed E-state index contributed by atoms with van der Waals surface area (Å²) in [6, 6.07) is 28.3. The van der Waals surface area contributed by atoms with E-state index in [1.807, 2.05) is 36.7 Å². The second-order valence-corrected chi connectivity index (χ2v) is 18.5. The first-order valence-electron chi connectivity index (χ1n) is 24.0. The van der Waals surface area contributed by atoms with Crippen molar-refractivity contribution in [2.45, 2.75) is 37.1 Å². The molecule has 0 spiro atoms. The number of aromatic amines is 2. The summed E-state index contributed by atoms with van der Waals surface area (Å²) in [5.41, 5.74) is 19.4. The number of para-hydroxylation sites is 2. The van der Waals surface area contributed by atoms with Gasteiger partial charge in [-0.05, 0) is 97.7 Å². The third-order valence-electron chi connectivity index (χ3n) is 14.6. The largest absolute Gasteiger partial charge is 0.495 e. The summed E-state index contributed by atoms with van der Waals surface area (Å²) in [7, 11) is 3.04. The molecule has 70 heavy (non-hydrogen) atoms. The second-order valence-electron chi connectivity index (χ2n) is 18.5. The van der Waals surface area contributed by atoms with Gasteiger partial charge in [0, 0.05) is 123 Å². The lowest BCUT2D eigenvalue weighted by atomic mass is 9.97. The highest BCUT2D eigenvalue weighted by Gasteiger charge is 2.44. The molecule has 10 rings (SSSR count). The van der Waals surface area contributed by atoms with E-state index in [9.17, 15) is 19.2 Å². The van der Waals surface area contributed by atoms with Gasteiger partial charge in [-0.3, -0.25) is 19.4 Å². The Bertz CT molecular complexity index is 2690. The first-order chi connectivity index (χ1) is 34.1. The Hall–Kier alpha value is -7.44. The van der Waals surface area contributed by atoms with Gasteiger partial charge in [0.25, 0.3) is 24.3 Å². The monoisotopic (exact) mass is 952 g/mol. The number of hydrogen-bond acceptors (Lipinski definition) is 14. The summed E-state index contributed by atoms with van der Waals surface area (Å²) in [6.07, 6.45) is 1.97. The molecule has 0 aliphatic carbocycles. The van der Waals surface area contributed by atoms with Crippen molar-refractivity contribution < 1.29 is 38.1 Å². The van der Waals surface area contributed by atoms with Crippen molar-refractivity contribution in [3.63, 3.8) is 0 Å². The zero-order valence-corrected chi connectivity index (χ0v) is 39.6. The lowest BCUT2D eigenvalue weighted by Crippen LogP contribution is -2.51. The lowest BCUT2D eigenvalue weighted by molar-refractivity contribution is -0.176. The SMILES string of the molecule is COc1cccc2c1N(C(OC(=O)C(=O)OC(C(N)=O)N1C[C@@H](CCN3CCN(c4ccc5[nH]ccc5c4)CC3)c3cccc(OC)c31)C(N)=O)C[C@H]2CCN1CCN(c2ccc3[nH]ccc3c2)CC1. The Labute approximate surface area is 405 Å². The van der Waals surface area contributed by atoms with Crippen molar-refractivity contribution in [2.75, 3.05) is 112 Å². The zero-order chi connectivity index (χ0) is 48.5. The molecular weight excluding hydrogens is 893 g/mol. The van der Waals surface area contributed by atoms with E-state index in [1.165, 1.54) is 36.4 Å². The van der Waals surface area contributed by atoms with Crippen LogP contribution in [0.25, 0.3) is 21.8 Å².